The summed E-state index contributed by atoms with van der Waals surface area (Å²) in [6.07, 6.45) is 52.4. The van der Waals surface area contributed by atoms with Crippen LogP contribution in [-0.4, -0.2) is 68.5 Å². The van der Waals surface area contributed by atoms with Crippen molar-refractivity contribution in [3.8, 4) is 0 Å². The van der Waals surface area contributed by atoms with E-state index in [1.165, 1.54) is 186 Å². The number of rotatable bonds is 47. The molecule has 0 radical (unpaired) electrons. The van der Waals surface area contributed by atoms with Gasteiger partial charge in [-0.25, -0.2) is 0 Å². The van der Waals surface area contributed by atoms with Crippen molar-refractivity contribution >= 4 is 13.7 Å². The van der Waals surface area contributed by atoms with Crippen molar-refractivity contribution < 1.29 is 32.9 Å². The molecule has 0 rings (SSSR count). The Morgan fingerprint density at radius 3 is 1.35 bits per heavy atom. The van der Waals surface area contributed by atoms with Gasteiger partial charge in [-0.2, -0.15) is 0 Å². The third kappa shape index (κ3) is 45.0. The van der Waals surface area contributed by atoms with Crippen LogP contribution in [0.3, 0.4) is 0 Å². The van der Waals surface area contributed by atoms with Gasteiger partial charge in [0.2, 0.25) is 5.91 Å². The molecule has 0 aromatic carbocycles. The van der Waals surface area contributed by atoms with Gasteiger partial charge < -0.3 is 28.8 Å². The van der Waals surface area contributed by atoms with Gasteiger partial charge in [0.05, 0.1) is 39.9 Å². The van der Waals surface area contributed by atoms with Gasteiger partial charge >= 0.3 is 0 Å². The van der Waals surface area contributed by atoms with E-state index in [1.807, 2.05) is 27.2 Å². The van der Waals surface area contributed by atoms with Gasteiger partial charge in [0.25, 0.3) is 7.82 Å². The summed E-state index contributed by atoms with van der Waals surface area (Å²) in [6.45, 7) is 4.66. The number of unbranched alkanes of at least 4 members (excludes halogenated alkanes) is 32. The molecule has 0 aliphatic heterocycles. The van der Waals surface area contributed by atoms with Crippen LogP contribution < -0.4 is 10.2 Å². The normalized spacial score (nSPS) is 14.3. The average molecular weight is 869 g/mol. The Morgan fingerprint density at radius 2 is 0.933 bits per heavy atom. The Balaban J connectivity index is 4.34. The summed E-state index contributed by atoms with van der Waals surface area (Å²) in [5.41, 5.74) is 0. The van der Waals surface area contributed by atoms with E-state index in [-0.39, 0.29) is 19.1 Å². The van der Waals surface area contributed by atoms with Crippen molar-refractivity contribution in [2.75, 3.05) is 40.9 Å². The van der Waals surface area contributed by atoms with Gasteiger partial charge in [-0.1, -0.05) is 231 Å². The second kappa shape index (κ2) is 43.2. The quantitative estimate of drug-likeness (QED) is 0.0273. The molecule has 0 aromatic rings. The van der Waals surface area contributed by atoms with Crippen LogP contribution in [0.1, 0.15) is 245 Å². The van der Waals surface area contributed by atoms with Crippen LogP contribution >= 0.6 is 7.82 Å². The molecule has 0 saturated heterocycles. The summed E-state index contributed by atoms with van der Waals surface area (Å²) in [5.74, 6) is -0.203. The third-order valence-electron chi connectivity index (χ3n) is 11.7. The maximum absolute atomic E-state index is 12.9. The molecule has 3 atom stereocenters. The minimum absolute atomic E-state index is 0.00393. The SMILES string of the molecule is CCCCCCCCCCCCCCCC/C=C/CC/C=C/C(O)C(COP(=O)([O-])OCC[N+](C)(C)C)NC(=O)CCCCCCCCCCCCCCCCCCCC. The van der Waals surface area contributed by atoms with Crippen molar-refractivity contribution in [2.45, 2.75) is 257 Å². The van der Waals surface area contributed by atoms with Crippen molar-refractivity contribution in [1.82, 2.24) is 5.32 Å². The van der Waals surface area contributed by atoms with E-state index in [1.54, 1.807) is 6.08 Å². The van der Waals surface area contributed by atoms with Crippen molar-refractivity contribution in [3.63, 3.8) is 0 Å². The number of hydrogen-bond donors (Lipinski definition) is 2. The van der Waals surface area contributed by atoms with E-state index in [0.717, 1.165) is 38.5 Å². The van der Waals surface area contributed by atoms with E-state index < -0.39 is 20.0 Å². The molecule has 2 N–H and O–H groups in total. The first-order chi connectivity index (χ1) is 29.0. The molecule has 3 unspecified atom stereocenters. The maximum Gasteiger partial charge on any atom is 0.268 e. The van der Waals surface area contributed by atoms with Gasteiger partial charge in [-0.3, -0.25) is 9.36 Å². The highest BCUT2D eigenvalue weighted by Crippen LogP contribution is 2.38. The lowest BCUT2D eigenvalue weighted by Gasteiger charge is -2.29. The Hall–Kier alpha value is -1.02. The van der Waals surface area contributed by atoms with Gasteiger partial charge in [0.15, 0.2) is 0 Å². The number of carbonyl (C=O) groups excluding carboxylic acids is 1. The second-order valence-corrected chi connectivity index (χ2v) is 20.3. The number of allylic oxidation sites excluding steroid dienone is 3. The summed E-state index contributed by atoms with van der Waals surface area (Å²) >= 11 is 0. The van der Waals surface area contributed by atoms with Gasteiger partial charge in [-0.05, 0) is 32.1 Å². The number of aliphatic hydroxyl groups excluding tert-OH is 1. The highest BCUT2D eigenvalue weighted by atomic mass is 31.2. The molecular weight excluding hydrogens is 768 g/mol. The first-order valence-electron chi connectivity index (χ1n) is 25.7. The van der Waals surface area contributed by atoms with Gasteiger partial charge in [0, 0.05) is 6.42 Å². The number of phosphoric acid groups is 1. The maximum atomic E-state index is 12.9. The lowest BCUT2D eigenvalue weighted by molar-refractivity contribution is -0.870. The Bertz CT molecular complexity index is 1030. The molecule has 8 nitrogen and oxygen atoms in total. The monoisotopic (exact) mass is 869 g/mol. The average Bonchev–Trinajstić information content (AvgIpc) is 3.20. The molecule has 60 heavy (non-hydrogen) atoms. The zero-order chi connectivity index (χ0) is 44.3. The van der Waals surface area contributed by atoms with E-state index in [4.69, 9.17) is 9.05 Å². The number of carbonyl (C=O) groups is 1. The van der Waals surface area contributed by atoms with E-state index in [2.05, 4.69) is 31.3 Å². The van der Waals surface area contributed by atoms with E-state index in [9.17, 15) is 19.4 Å². The lowest BCUT2D eigenvalue weighted by Crippen LogP contribution is -2.45. The predicted octanol–water partition coefficient (Wildman–Crippen LogP) is 14.2. The largest absolute Gasteiger partial charge is 0.756 e. The summed E-state index contributed by atoms with van der Waals surface area (Å²) < 4.78 is 23.3. The zero-order valence-electron chi connectivity index (χ0n) is 40.4. The van der Waals surface area contributed by atoms with Crippen molar-refractivity contribution in [2.24, 2.45) is 0 Å². The molecular formula is C51H101N2O6P. The zero-order valence-corrected chi connectivity index (χ0v) is 41.3. The number of quaternary nitrogens is 1. The van der Waals surface area contributed by atoms with Crippen molar-refractivity contribution in [3.05, 3.63) is 24.3 Å². The van der Waals surface area contributed by atoms with Gasteiger partial charge in [0.1, 0.15) is 13.2 Å². The molecule has 0 aliphatic rings. The first-order valence-corrected chi connectivity index (χ1v) is 27.2. The number of phosphoric ester groups is 1. The molecule has 9 heteroatoms. The van der Waals surface area contributed by atoms with Crippen molar-refractivity contribution in [1.29, 1.82) is 0 Å². The molecule has 0 spiro atoms. The van der Waals surface area contributed by atoms with Gasteiger partial charge in [-0.15, -0.1) is 0 Å². The smallest absolute Gasteiger partial charge is 0.268 e. The lowest BCUT2D eigenvalue weighted by atomic mass is 10.0. The molecule has 0 saturated carbocycles. The standard InChI is InChI=1S/C51H101N2O6P/c1-6-8-10-12-14-16-18-20-22-24-26-27-28-30-32-34-36-38-40-42-44-50(54)49(48-59-60(56,57)58-47-46-53(3,4)5)52-51(55)45-43-41-39-37-35-33-31-29-25-23-21-19-17-15-13-11-9-7-2/h34,36,42,44,49-50,54H,6-33,35,37-41,43,45-48H2,1-5H3,(H-,52,55,56,57)/b36-34+,44-42+. The Morgan fingerprint density at radius 1 is 0.567 bits per heavy atom. The second-order valence-electron chi connectivity index (χ2n) is 18.9. The molecule has 0 aromatic heterocycles. The fourth-order valence-electron chi connectivity index (χ4n) is 7.58. The topological polar surface area (TPSA) is 108 Å². The summed E-state index contributed by atoms with van der Waals surface area (Å²) in [4.78, 5) is 25.4. The van der Waals surface area contributed by atoms with Crippen LogP contribution in [0.2, 0.25) is 0 Å². The number of nitrogens with one attached hydrogen (secondary N) is 1. The summed E-state index contributed by atoms with van der Waals surface area (Å²) in [7, 11) is 1.25. The van der Waals surface area contributed by atoms with Crippen LogP contribution in [0.4, 0.5) is 0 Å². The number of likely N-dealkylation sites (N-methyl/N-ethyl adjacent to an activating group) is 1. The van der Waals surface area contributed by atoms with E-state index >= 15 is 0 Å². The number of hydrogen-bond acceptors (Lipinski definition) is 6. The fourth-order valence-corrected chi connectivity index (χ4v) is 8.30. The molecule has 1 amide bonds. The van der Waals surface area contributed by atoms with Crippen LogP contribution in [-0.2, 0) is 18.4 Å². The summed E-state index contributed by atoms with van der Waals surface area (Å²) in [5, 5.41) is 13.8. The predicted molar refractivity (Wildman–Crippen MR) is 256 cm³/mol. The first kappa shape index (κ1) is 59.0. The number of amides is 1. The highest BCUT2D eigenvalue weighted by molar-refractivity contribution is 7.45. The fraction of sp³-hybridized carbons (Fsp3) is 0.902. The Labute approximate surface area is 373 Å². The van der Waals surface area contributed by atoms with E-state index in [0.29, 0.717) is 17.4 Å². The highest BCUT2D eigenvalue weighted by Gasteiger charge is 2.23. The molecule has 0 bridgehead atoms. The minimum atomic E-state index is -4.60. The number of aliphatic hydroxyl groups is 1. The molecule has 356 valence electrons. The van der Waals surface area contributed by atoms with Crippen LogP contribution in [0.5, 0.6) is 0 Å². The van der Waals surface area contributed by atoms with Crippen LogP contribution in [0.15, 0.2) is 24.3 Å². The molecule has 0 fully saturated rings. The van der Waals surface area contributed by atoms with Crippen LogP contribution in [0.25, 0.3) is 0 Å². The Kier molecular flexibility index (Phi) is 42.5. The van der Waals surface area contributed by atoms with Crippen LogP contribution in [0, 0.1) is 0 Å². The minimum Gasteiger partial charge on any atom is -0.756 e. The molecule has 0 aliphatic carbocycles. The molecule has 0 heterocycles. The number of nitrogens with zero attached hydrogens (tertiary/aromatic N) is 1. The summed E-state index contributed by atoms with van der Waals surface area (Å²) in [6, 6.07) is -0.899. The third-order valence-corrected chi connectivity index (χ3v) is 12.6.